The molecule has 1 aliphatic heterocycles. The molecule has 1 rings (SSSR count). The van der Waals surface area contributed by atoms with E-state index in [9.17, 15) is 0 Å². The molecule has 1 heterocycles. The van der Waals surface area contributed by atoms with Gasteiger partial charge in [0.1, 0.15) is 0 Å². The van der Waals surface area contributed by atoms with Crippen LogP contribution in [0.25, 0.3) is 0 Å². The molecule has 0 radical (unpaired) electrons. The van der Waals surface area contributed by atoms with Crippen LogP contribution in [-0.2, 0) is 4.74 Å². The Bertz CT molecular complexity index is 248. The van der Waals surface area contributed by atoms with Gasteiger partial charge in [-0.25, -0.2) is 0 Å². The Balaban J connectivity index is 2.43. The molecule has 0 amide bonds. The highest BCUT2D eigenvalue weighted by Gasteiger charge is 2.29. The highest BCUT2D eigenvalue weighted by molar-refractivity contribution is 4.84. The molecule has 1 unspecified atom stereocenters. The van der Waals surface area contributed by atoms with Gasteiger partial charge >= 0.3 is 0 Å². The van der Waals surface area contributed by atoms with Crippen LogP contribution in [-0.4, -0.2) is 68.8 Å². The van der Waals surface area contributed by atoms with Crippen molar-refractivity contribution in [3.05, 3.63) is 0 Å². The van der Waals surface area contributed by atoms with E-state index < -0.39 is 0 Å². The minimum absolute atomic E-state index is 0.0788. The number of methoxy groups -OCH3 is 1. The zero-order chi connectivity index (χ0) is 14.5. The number of ether oxygens (including phenoxy) is 1. The lowest BCUT2D eigenvalue weighted by Gasteiger charge is -2.40. The summed E-state index contributed by atoms with van der Waals surface area (Å²) in [6.07, 6.45) is 3.60. The Morgan fingerprint density at radius 1 is 1.32 bits per heavy atom. The fourth-order valence-electron chi connectivity index (χ4n) is 3.03. The van der Waals surface area contributed by atoms with Gasteiger partial charge in [0, 0.05) is 26.2 Å². The predicted molar refractivity (Wildman–Crippen MR) is 81.4 cm³/mol. The van der Waals surface area contributed by atoms with Crippen LogP contribution < -0.4 is 5.73 Å². The minimum Gasteiger partial charge on any atom is -0.379 e. The summed E-state index contributed by atoms with van der Waals surface area (Å²) in [6.45, 7) is 8.60. The molecule has 0 aliphatic carbocycles. The molecule has 0 spiro atoms. The van der Waals surface area contributed by atoms with Crippen LogP contribution in [0.4, 0.5) is 0 Å². The van der Waals surface area contributed by atoms with Crippen molar-refractivity contribution < 1.29 is 4.74 Å². The molecular weight excluding hydrogens is 238 g/mol. The first-order valence-electron chi connectivity index (χ1n) is 7.52. The van der Waals surface area contributed by atoms with Gasteiger partial charge in [0.15, 0.2) is 0 Å². The van der Waals surface area contributed by atoms with E-state index in [4.69, 9.17) is 10.5 Å². The summed E-state index contributed by atoms with van der Waals surface area (Å²) in [5, 5.41) is 0. The second-order valence-corrected chi connectivity index (χ2v) is 6.80. The van der Waals surface area contributed by atoms with Gasteiger partial charge in [-0.15, -0.1) is 0 Å². The fraction of sp³-hybridized carbons (Fsp3) is 1.00. The van der Waals surface area contributed by atoms with Crippen molar-refractivity contribution in [1.82, 2.24) is 9.80 Å². The quantitative estimate of drug-likeness (QED) is 0.760. The molecule has 1 saturated heterocycles. The first-order valence-corrected chi connectivity index (χ1v) is 7.52. The van der Waals surface area contributed by atoms with Crippen molar-refractivity contribution in [2.24, 2.45) is 11.7 Å². The van der Waals surface area contributed by atoms with E-state index in [0.717, 1.165) is 18.9 Å². The maximum atomic E-state index is 5.98. The van der Waals surface area contributed by atoms with Crippen molar-refractivity contribution in [3.8, 4) is 0 Å². The minimum atomic E-state index is -0.0788. The van der Waals surface area contributed by atoms with Gasteiger partial charge in [-0.2, -0.15) is 0 Å². The summed E-state index contributed by atoms with van der Waals surface area (Å²) >= 11 is 0. The molecule has 19 heavy (non-hydrogen) atoms. The maximum absolute atomic E-state index is 5.98. The largest absolute Gasteiger partial charge is 0.379 e. The molecule has 4 nitrogen and oxygen atoms in total. The molecule has 1 aliphatic rings. The molecule has 1 atom stereocenters. The Morgan fingerprint density at radius 3 is 2.32 bits per heavy atom. The second-order valence-electron chi connectivity index (χ2n) is 6.80. The van der Waals surface area contributed by atoms with Crippen molar-refractivity contribution in [1.29, 1.82) is 0 Å². The van der Waals surface area contributed by atoms with E-state index in [1.165, 1.54) is 32.5 Å². The number of hydrogen-bond donors (Lipinski definition) is 1. The predicted octanol–water partition coefficient (Wildman–Crippen LogP) is 1.40. The van der Waals surface area contributed by atoms with Crippen molar-refractivity contribution >= 4 is 0 Å². The average Bonchev–Trinajstić information content (AvgIpc) is 2.36. The van der Waals surface area contributed by atoms with Crippen LogP contribution >= 0.6 is 0 Å². The first kappa shape index (κ1) is 16.9. The molecule has 0 aromatic carbocycles. The van der Waals surface area contributed by atoms with E-state index in [0.29, 0.717) is 6.04 Å². The third kappa shape index (κ3) is 5.78. The zero-order valence-corrected chi connectivity index (χ0v) is 13.5. The molecule has 4 heteroatoms. The van der Waals surface area contributed by atoms with Crippen LogP contribution in [0, 0.1) is 5.92 Å². The van der Waals surface area contributed by atoms with Crippen molar-refractivity contribution in [3.63, 3.8) is 0 Å². The van der Waals surface area contributed by atoms with Crippen LogP contribution in [0.2, 0.25) is 0 Å². The number of nitrogens with zero attached hydrogens (tertiary/aromatic N) is 2. The van der Waals surface area contributed by atoms with Gasteiger partial charge < -0.3 is 15.4 Å². The van der Waals surface area contributed by atoms with Crippen LogP contribution in [0.15, 0.2) is 0 Å². The molecule has 0 saturated carbocycles. The lowest BCUT2D eigenvalue weighted by Crippen LogP contribution is -2.49. The Hall–Kier alpha value is -0.160. The molecule has 114 valence electrons. The van der Waals surface area contributed by atoms with Crippen molar-refractivity contribution in [2.45, 2.75) is 44.8 Å². The summed E-state index contributed by atoms with van der Waals surface area (Å²) in [6, 6.07) is 0.454. The first-order chi connectivity index (χ1) is 8.88. The summed E-state index contributed by atoms with van der Waals surface area (Å²) in [7, 11) is 6.11. The zero-order valence-electron chi connectivity index (χ0n) is 13.5. The van der Waals surface area contributed by atoms with Crippen LogP contribution in [0.1, 0.15) is 33.1 Å². The van der Waals surface area contributed by atoms with E-state index in [-0.39, 0.29) is 5.60 Å². The molecule has 2 N–H and O–H groups in total. The lowest BCUT2D eigenvalue weighted by atomic mass is 9.92. The number of rotatable bonds is 7. The number of piperidine rings is 1. The topological polar surface area (TPSA) is 41.7 Å². The monoisotopic (exact) mass is 271 g/mol. The normalized spacial score (nSPS) is 21.0. The summed E-state index contributed by atoms with van der Waals surface area (Å²) < 4.78 is 5.55. The smallest absolute Gasteiger partial charge is 0.0638 e. The Morgan fingerprint density at radius 2 is 1.89 bits per heavy atom. The number of nitrogens with two attached hydrogens (primary N) is 1. The fourth-order valence-corrected chi connectivity index (χ4v) is 3.03. The summed E-state index contributed by atoms with van der Waals surface area (Å²) in [4.78, 5) is 4.86. The average molecular weight is 271 g/mol. The third-order valence-corrected chi connectivity index (χ3v) is 4.34. The molecule has 0 aromatic rings. The van der Waals surface area contributed by atoms with Gasteiger partial charge in [0.2, 0.25) is 0 Å². The molecule has 0 aromatic heterocycles. The second kappa shape index (κ2) is 7.58. The lowest BCUT2D eigenvalue weighted by molar-refractivity contribution is -0.0127. The van der Waals surface area contributed by atoms with Crippen LogP contribution in [0.5, 0.6) is 0 Å². The van der Waals surface area contributed by atoms with Gasteiger partial charge in [-0.1, -0.05) is 0 Å². The molecule has 1 fully saturated rings. The van der Waals surface area contributed by atoms with Gasteiger partial charge in [-0.3, -0.25) is 4.90 Å². The third-order valence-electron chi connectivity index (χ3n) is 4.34. The Kier molecular flexibility index (Phi) is 6.74. The van der Waals surface area contributed by atoms with Crippen molar-refractivity contribution in [2.75, 3.05) is 47.4 Å². The number of likely N-dealkylation sites (tertiary alicyclic amines) is 1. The van der Waals surface area contributed by atoms with E-state index >= 15 is 0 Å². The Labute approximate surface area is 119 Å². The standard InChI is InChI=1S/C15H33N3O/c1-15(2,19-5)10-14(11-16)18-8-6-13(7-9-18)12-17(3)4/h13-14H,6-12,16H2,1-5H3. The van der Waals surface area contributed by atoms with Gasteiger partial charge in [0.25, 0.3) is 0 Å². The highest BCUT2D eigenvalue weighted by Crippen LogP contribution is 2.24. The highest BCUT2D eigenvalue weighted by atomic mass is 16.5. The van der Waals surface area contributed by atoms with Crippen LogP contribution in [0.3, 0.4) is 0 Å². The summed E-state index contributed by atoms with van der Waals surface area (Å²) in [5.41, 5.74) is 5.90. The van der Waals surface area contributed by atoms with Gasteiger partial charge in [-0.05, 0) is 66.2 Å². The molecular formula is C15H33N3O. The van der Waals surface area contributed by atoms with Gasteiger partial charge in [0.05, 0.1) is 5.60 Å². The van der Waals surface area contributed by atoms with E-state index in [1.807, 2.05) is 0 Å². The van der Waals surface area contributed by atoms with E-state index in [2.05, 4.69) is 37.7 Å². The maximum Gasteiger partial charge on any atom is 0.0638 e. The molecule has 0 bridgehead atoms. The SMILES string of the molecule is COC(C)(C)CC(CN)N1CCC(CN(C)C)CC1. The number of hydrogen-bond acceptors (Lipinski definition) is 4. The summed E-state index contributed by atoms with van der Waals surface area (Å²) in [5.74, 6) is 0.847. The van der Waals surface area contributed by atoms with E-state index in [1.54, 1.807) is 7.11 Å².